The minimum atomic E-state index is 0.827. The van der Waals surface area contributed by atoms with Crippen LogP contribution in [0.3, 0.4) is 0 Å². The normalized spacial score (nSPS) is 9.70. The van der Waals surface area contributed by atoms with Gasteiger partial charge in [-0.25, -0.2) is 0 Å². The molecule has 0 aliphatic rings. The molecule has 0 fully saturated rings. The minimum absolute atomic E-state index is 0.827. The minimum Gasteiger partial charge on any atom is -0.367 e. The van der Waals surface area contributed by atoms with Gasteiger partial charge in [0.05, 0.1) is 0 Å². The van der Waals surface area contributed by atoms with Crippen LogP contribution < -0.4 is 5.32 Å². The lowest BCUT2D eigenvalue weighted by Crippen LogP contribution is -2.00. The molecule has 1 aromatic heterocycles. The number of aromatic nitrogens is 1. The van der Waals surface area contributed by atoms with Gasteiger partial charge in [0, 0.05) is 12.6 Å². The second-order valence-electron chi connectivity index (χ2n) is 2.17. The number of rotatable bonds is 4. The molecule has 56 valence electrons. The number of hydrogen-bond acceptors (Lipinski definition) is 3. The molecule has 0 saturated heterocycles. The van der Waals surface area contributed by atoms with Crippen molar-refractivity contribution >= 4 is 5.82 Å². The number of hydrogen-bond donors (Lipinski definition) is 1. The third-order valence-electron chi connectivity index (χ3n) is 1.27. The molecule has 0 spiro atoms. The molecule has 1 rings (SSSR count). The van der Waals surface area contributed by atoms with E-state index in [2.05, 4.69) is 21.9 Å². The molecule has 1 aromatic rings. The van der Waals surface area contributed by atoms with Gasteiger partial charge in [-0.15, -0.1) is 0 Å². The Kier molecular flexibility index (Phi) is 2.80. The van der Waals surface area contributed by atoms with Crippen molar-refractivity contribution in [1.82, 2.24) is 5.16 Å². The molecule has 0 amide bonds. The van der Waals surface area contributed by atoms with Crippen molar-refractivity contribution in [2.24, 2.45) is 0 Å². The lowest BCUT2D eigenvalue weighted by Gasteiger charge is -1.97. The molecule has 0 unspecified atom stereocenters. The maximum atomic E-state index is 4.63. The summed E-state index contributed by atoms with van der Waals surface area (Å²) in [4.78, 5) is 0. The summed E-state index contributed by atoms with van der Waals surface area (Å²) in [7, 11) is 0. The summed E-state index contributed by atoms with van der Waals surface area (Å²) < 4.78 is 4.63. The van der Waals surface area contributed by atoms with Gasteiger partial charge in [-0.05, 0) is 6.42 Å². The van der Waals surface area contributed by atoms with Crippen LogP contribution in [0.2, 0.25) is 0 Å². The van der Waals surface area contributed by atoms with Gasteiger partial charge in [0.15, 0.2) is 5.82 Å². The van der Waals surface area contributed by atoms with Gasteiger partial charge in [-0.2, -0.15) is 0 Å². The summed E-state index contributed by atoms with van der Waals surface area (Å²) in [6.45, 7) is 3.13. The third kappa shape index (κ3) is 2.09. The smallest absolute Gasteiger partial charge is 0.169 e. The SMILES string of the molecule is CCCCNc1ccon1. The molecule has 3 heteroatoms. The average molecular weight is 140 g/mol. The highest BCUT2D eigenvalue weighted by molar-refractivity contribution is 5.29. The van der Waals surface area contributed by atoms with E-state index in [1.165, 1.54) is 12.8 Å². The number of nitrogens with one attached hydrogen (secondary N) is 1. The van der Waals surface area contributed by atoms with E-state index in [-0.39, 0.29) is 0 Å². The Bertz CT molecular complexity index is 160. The van der Waals surface area contributed by atoms with E-state index >= 15 is 0 Å². The molecule has 1 heterocycles. The van der Waals surface area contributed by atoms with Crippen LogP contribution in [0.5, 0.6) is 0 Å². The number of anilines is 1. The van der Waals surface area contributed by atoms with E-state index in [1.54, 1.807) is 6.26 Å². The fourth-order valence-electron chi connectivity index (χ4n) is 0.697. The Labute approximate surface area is 60.4 Å². The summed E-state index contributed by atoms with van der Waals surface area (Å²) in [5.74, 6) is 0.827. The van der Waals surface area contributed by atoms with Crippen LogP contribution >= 0.6 is 0 Å². The summed E-state index contributed by atoms with van der Waals surface area (Å²) >= 11 is 0. The zero-order valence-corrected chi connectivity index (χ0v) is 6.13. The predicted molar refractivity (Wildman–Crippen MR) is 39.9 cm³/mol. The summed E-state index contributed by atoms with van der Waals surface area (Å²) in [6.07, 6.45) is 3.94. The first kappa shape index (κ1) is 7.12. The third-order valence-corrected chi connectivity index (χ3v) is 1.27. The van der Waals surface area contributed by atoms with Gasteiger partial charge in [0.1, 0.15) is 6.26 Å². The van der Waals surface area contributed by atoms with Crippen LogP contribution in [-0.4, -0.2) is 11.7 Å². The predicted octanol–water partition coefficient (Wildman–Crippen LogP) is 1.89. The Morgan fingerprint density at radius 3 is 3.20 bits per heavy atom. The maximum absolute atomic E-state index is 4.63. The fraction of sp³-hybridized carbons (Fsp3) is 0.571. The molecule has 10 heavy (non-hydrogen) atoms. The molecule has 1 N–H and O–H groups in total. The van der Waals surface area contributed by atoms with Crippen molar-refractivity contribution in [3.05, 3.63) is 12.3 Å². The summed E-state index contributed by atoms with van der Waals surface area (Å²) in [5.41, 5.74) is 0. The molecular weight excluding hydrogens is 128 g/mol. The quantitative estimate of drug-likeness (QED) is 0.649. The Morgan fingerprint density at radius 2 is 2.60 bits per heavy atom. The van der Waals surface area contributed by atoms with Gasteiger partial charge >= 0.3 is 0 Å². The van der Waals surface area contributed by atoms with Crippen molar-refractivity contribution < 1.29 is 4.52 Å². The second-order valence-corrected chi connectivity index (χ2v) is 2.17. The van der Waals surface area contributed by atoms with E-state index in [9.17, 15) is 0 Å². The van der Waals surface area contributed by atoms with E-state index < -0.39 is 0 Å². The van der Waals surface area contributed by atoms with Crippen molar-refractivity contribution in [2.45, 2.75) is 19.8 Å². The molecule has 3 nitrogen and oxygen atoms in total. The molecule has 0 aliphatic carbocycles. The van der Waals surface area contributed by atoms with Crippen molar-refractivity contribution in [3.8, 4) is 0 Å². The van der Waals surface area contributed by atoms with E-state index in [4.69, 9.17) is 0 Å². The van der Waals surface area contributed by atoms with Crippen molar-refractivity contribution in [1.29, 1.82) is 0 Å². The highest BCUT2D eigenvalue weighted by Crippen LogP contribution is 2.00. The van der Waals surface area contributed by atoms with Crippen LogP contribution in [0.15, 0.2) is 16.9 Å². The van der Waals surface area contributed by atoms with Crippen LogP contribution in [0.1, 0.15) is 19.8 Å². The molecule has 0 radical (unpaired) electrons. The number of nitrogens with zero attached hydrogens (tertiary/aromatic N) is 1. The highest BCUT2D eigenvalue weighted by Gasteiger charge is 1.91. The van der Waals surface area contributed by atoms with Crippen LogP contribution in [0.25, 0.3) is 0 Å². The lowest BCUT2D eigenvalue weighted by atomic mass is 10.3. The molecule has 0 saturated carbocycles. The Balaban J connectivity index is 2.15. The topological polar surface area (TPSA) is 38.1 Å². The maximum Gasteiger partial charge on any atom is 0.169 e. The molecule has 0 aromatic carbocycles. The van der Waals surface area contributed by atoms with Crippen molar-refractivity contribution in [3.63, 3.8) is 0 Å². The van der Waals surface area contributed by atoms with Gasteiger partial charge < -0.3 is 9.84 Å². The molecule has 0 bridgehead atoms. The van der Waals surface area contributed by atoms with E-state index in [0.717, 1.165) is 12.4 Å². The van der Waals surface area contributed by atoms with Crippen LogP contribution in [0.4, 0.5) is 5.82 Å². The summed E-state index contributed by atoms with van der Waals surface area (Å²) in [5, 5.41) is 6.82. The first-order valence-corrected chi connectivity index (χ1v) is 3.57. The van der Waals surface area contributed by atoms with Gasteiger partial charge in [-0.1, -0.05) is 18.5 Å². The van der Waals surface area contributed by atoms with Gasteiger partial charge in [-0.3, -0.25) is 0 Å². The van der Waals surface area contributed by atoms with E-state index in [0.29, 0.717) is 0 Å². The monoisotopic (exact) mass is 140 g/mol. The molecule has 0 aliphatic heterocycles. The highest BCUT2D eigenvalue weighted by atomic mass is 16.5. The first-order chi connectivity index (χ1) is 4.93. The van der Waals surface area contributed by atoms with Crippen molar-refractivity contribution in [2.75, 3.05) is 11.9 Å². The molecule has 0 atom stereocenters. The molecular formula is C7H12N2O. The fourth-order valence-corrected chi connectivity index (χ4v) is 0.697. The average Bonchev–Trinajstić information content (AvgIpc) is 2.41. The zero-order valence-electron chi connectivity index (χ0n) is 6.13. The summed E-state index contributed by atoms with van der Waals surface area (Å²) in [6, 6.07) is 1.82. The zero-order chi connectivity index (χ0) is 7.23. The van der Waals surface area contributed by atoms with E-state index in [1.807, 2.05) is 6.07 Å². The largest absolute Gasteiger partial charge is 0.367 e. The second kappa shape index (κ2) is 3.93. The Hall–Kier alpha value is -0.990. The standard InChI is InChI=1S/C7H12N2O/c1-2-3-5-8-7-4-6-10-9-7/h4,6H,2-3,5H2,1H3,(H,8,9). The lowest BCUT2D eigenvalue weighted by molar-refractivity contribution is 0.422. The van der Waals surface area contributed by atoms with Crippen LogP contribution in [0, 0.1) is 0 Å². The number of unbranched alkanes of at least 4 members (excludes halogenated alkanes) is 1. The Morgan fingerprint density at radius 1 is 1.70 bits per heavy atom. The van der Waals surface area contributed by atoms with Gasteiger partial charge in [0.25, 0.3) is 0 Å². The van der Waals surface area contributed by atoms with Gasteiger partial charge in [0.2, 0.25) is 0 Å². The first-order valence-electron chi connectivity index (χ1n) is 3.57. The van der Waals surface area contributed by atoms with Crippen LogP contribution in [-0.2, 0) is 0 Å².